The van der Waals surface area contributed by atoms with Crippen LogP contribution in [-0.2, 0) is 11.2 Å². The van der Waals surface area contributed by atoms with Gasteiger partial charge < -0.3 is 14.6 Å². The first kappa shape index (κ1) is 20.4. The molecule has 2 aromatic carbocycles. The van der Waals surface area contributed by atoms with E-state index >= 15 is 0 Å². The predicted molar refractivity (Wildman–Crippen MR) is 124 cm³/mol. The van der Waals surface area contributed by atoms with Gasteiger partial charge in [-0.1, -0.05) is 36.4 Å². The summed E-state index contributed by atoms with van der Waals surface area (Å²) in [5.41, 5.74) is 4.38. The molecule has 32 heavy (non-hydrogen) atoms. The predicted octanol–water partition coefficient (Wildman–Crippen LogP) is 4.48. The molecule has 0 spiro atoms. The molecule has 2 atom stereocenters. The van der Waals surface area contributed by atoms with Gasteiger partial charge in [-0.15, -0.1) is 0 Å². The Morgan fingerprint density at radius 2 is 1.88 bits per heavy atom. The largest absolute Gasteiger partial charge is 0.415 e. The van der Waals surface area contributed by atoms with Crippen molar-refractivity contribution in [3.63, 3.8) is 0 Å². The number of carbonyl (C=O) groups excluding carboxylic acids is 2. The van der Waals surface area contributed by atoms with Crippen molar-refractivity contribution in [2.24, 2.45) is 5.92 Å². The number of hydrogen-bond acceptors (Lipinski definition) is 3. The van der Waals surface area contributed by atoms with Crippen molar-refractivity contribution in [2.75, 3.05) is 19.6 Å². The van der Waals surface area contributed by atoms with E-state index in [4.69, 9.17) is 4.74 Å². The number of carbonyl (C=O) groups is 2. The second kappa shape index (κ2) is 8.19. The standard InChI is InChI=1S/C26H27N3O3/c1-3-28(4-2)25(30)18-13-21-20-11-8-12-22-24(20)17(15-27-22)14-23(21)29(16-18)26(31)32-19-9-6-5-7-10-19/h5-13,15,18,23,27H,3-4,14,16H2,1-2H3/t18-,23-/m1/s1. The van der Waals surface area contributed by atoms with Crippen LogP contribution in [0.15, 0.2) is 60.8 Å². The van der Waals surface area contributed by atoms with Gasteiger partial charge in [-0.05, 0) is 55.2 Å². The van der Waals surface area contributed by atoms with Crippen LogP contribution in [-0.4, -0.2) is 52.5 Å². The van der Waals surface area contributed by atoms with E-state index in [1.54, 1.807) is 17.0 Å². The summed E-state index contributed by atoms with van der Waals surface area (Å²) in [5, 5.41) is 1.18. The van der Waals surface area contributed by atoms with E-state index in [1.807, 2.05) is 49.2 Å². The highest BCUT2D eigenvalue weighted by atomic mass is 16.6. The van der Waals surface area contributed by atoms with Crippen LogP contribution >= 0.6 is 0 Å². The number of para-hydroxylation sites is 1. The van der Waals surface area contributed by atoms with Gasteiger partial charge in [0.05, 0.1) is 12.0 Å². The maximum atomic E-state index is 13.3. The lowest BCUT2D eigenvalue weighted by molar-refractivity contribution is -0.134. The van der Waals surface area contributed by atoms with Gasteiger partial charge in [-0.25, -0.2) is 4.79 Å². The number of aromatic amines is 1. The van der Waals surface area contributed by atoms with E-state index in [0.717, 1.165) is 16.7 Å². The molecular weight excluding hydrogens is 402 g/mol. The number of nitrogens with one attached hydrogen (secondary N) is 1. The SMILES string of the molecule is CCN(CC)C(=O)[C@@H]1C=C2c3cccc4[nH]cc(c34)C[C@H]2N(C(=O)Oc2ccccc2)C1. The zero-order chi connectivity index (χ0) is 22.2. The Labute approximate surface area is 187 Å². The molecule has 0 bridgehead atoms. The lowest BCUT2D eigenvalue weighted by Gasteiger charge is -2.41. The summed E-state index contributed by atoms with van der Waals surface area (Å²) in [4.78, 5) is 33.5. The van der Waals surface area contributed by atoms with Crippen LogP contribution in [0.4, 0.5) is 4.79 Å². The number of fused-ring (bicyclic) bond motifs is 2. The molecule has 1 N–H and O–H groups in total. The zero-order valence-electron chi connectivity index (χ0n) is 18.4. The number of benzene rings is 2. The Morgan fingerprint density at radius 3 is 2.62 bits per heavy atom. The van der Waals surface area contributed by atoms with Crippen LogP contribution in [0.2, 0.25) is 0 Å². The molecule has 6 nitrogen and oxygen atoms in total. The number of aromatic nitrogens is 1. The average Bonchev–Trinajstić information content (AvgIpc) is 3.24. The highest BCUT2D eigenvalue weighted by Crippen LogP contribution is 2.41. The van der Waals surface area contributed by atoms with Crippen molar-refractivity contribution in [1.82, 2.24) is 14.8 Å². The summed E-state index contributed by atoms with van der Waals surface area (Å²) in [5.74, 6) is 0.145. The molecule has 3 aromatic rings. The van der Waals surface area contributed by atoms with Crippen molar-refractivity contribution in [1.29, 1.82) is 0 Å². The smallest absolute Gasteiger partial charge is 0.410 e. The van der Waals surface area contributed by atoms with Crippen LogP contribution in [0.5, 0.6) is 5.75 Å². The Balaban J connectivity index is 1.56. The van der Waals surface area contributed by atoms with Crippen LogP contribution in [0.25, 0.3) is 16.5 Å². The van der Waals surface area contributed by atoms with Crippen molar-refractivity contribution >= 4 is 28.5 Å². The average molecular weight is 430 g/mol. The van der Waals surface area contributed by atoms with Crippen molar-refractivity contribution in [2.45, 2.75) is 26.3 Å². The molecule has 0 saturated carbocycles. The lowest BCUT2D eigenvalue weighted by atomic mass is 9.79. The summed E-state index contributed by atoms with van der Waals surface area (Å²) in [6.45, 7) is 5.56. The monoisotopic (exact) mass is 429 g/mol. The van der Waals surface area contributed by atoms with E-state index in [0.29, 0.717) is 31.8 Å². The molecule has 2 amide bonds. The minimum absolute atomic E-state index is 0.0468. The highest BCUT2D eigenvalue weighted by Gasteiger charge is 2.41. The fourth-order valence-corrected chi connectivity index (χ4v) is 5.01. The molecule has 1 aromatic heterocycles. The van der Waals surface area contributed by atoms with Gasteiger partial charge in [0.25, 0.3) is 0 Å². The number of ether oxygens (including phenoxy) is 1. The van der Waals surface area contributed by atoms with E-state index in [2.05, 4.69) is 23.2 Å². The maximum absolute atomic E-state index is 13.3. The maximum Gasteiger partial charge on any atom is 0.415 e. The molecule has 0 saturated heterocycles. The highest BCUT2D eigenvalue weighted by molar-refractivity contribution is 6.00. The lowest BCUT2D eigenvalue weighted by Crippen LogP contribution is -2.52. The van der Waals surface area contributed by atoms with Gasteiger partial charge in [0.2, 0.25) is 5.91 Å². The molecular formula is C26H27N3O3. The third-order valence-corrected chi connectivity index (χ3v) is 6.60. The number of nitrogens with zero attached hydrogens (tertiary/aromatic N) is 2. The number of hydrogen-bond donors (Lipinski definition) is 1. The van der Waals surface area contributed by atoms with Gasteiger partial charge in [0.1, 0.15) is 5.75 Å². The number of rotatable bonds is 4. The Hall–Kier alpha value is -3.54. The molecule has 1 aliphatic heterocycles. The van der Waals surface area contributed by atoms with E-state index in [1.165, 1.54) is 10.9 Å². The van der Waals surface area contributed by atoms with Crippen LogP contribution < -0.4 is 4.74 Å². The zero-order valence-corrected chi connectivity index (χ0v) is 18.4. The summed E-state index contributed by atoms with van der Waals surface area (Å²) < 4.78 is 5.71. The van der Waals surface area contributed by atoms with Crippen LogP contribution in [0.1, 0.15) is 25.0 Å². The molecule has 1 aliphatic carbocycles. The van der Waals surface area contributed by atoms with E-state index in [9.17, 15) is 9.59 Å². The molecule has 6 heteroatoms. The molecule has 2 heterocycles. The van der Waals surface area contributed by atoms with Gasteiger partial charge in [-0.3, -0.25) is 9.69 Å². The Kier molecular flexibility index (Phi) is 5.21. The van der Waals surface area contributed by atoms with Gasteiger partial charge >= 0.3 is 6.09 Å². The first-order chi connectivity index (χ1) is 15.6. The molecule has 0 radical (unpaired) electrons. The molecule has 0 fully saturated rings. The summed E-state index contributed by atoms with van der Waals surface area (Å²) >= 11 is 0. The summed E-state index contributed by atoms with van der Waals surface area (Å²) in [6, 6.07) is 15.1. The third kappa shape index (κ3) is 3.36. The normalized spacial score (nSPS) is 19.3. The second-order valence-electron chi connectivity index (χ2n) is 8.33. The van der Waals surface area contributed by atoms with Crippen LogP contribution in [0, 0.1) is 5.92 Å². The molecule has 2 aliphatic rings. The minimum Gasteiger partial charge on any atom is -0.410 e. The minimum atomic E-state index is -0.421. The van der Waals surface area contributed by atoms with Crippen molar-refractivity contribution < 1.29 is 14.3 Å². The Bertz CT molecular complexity index is 1190. The number of H-pyrrole nitrogens is 1. The summed E-state index contributed by atoms with van der Waals surface area (Å²) in [6.07, 6.45) is 4.38. The fraction of sp³-hybridized carbons (Fsp3) is 0.308. The van der Waals surface area contributed by atoms with Crippen LogP contribution in [0.3, 0.4) is 0 Å². The molecule has 0 unspecified atom stereocenters. The van der Waals surface area contributed by atoms with Gasteiger partial charge in [0, 0.05) is 36.7 Å². The van der Waals surface area contributed by atoms with Crippen molar-refractivity contribution in [3.05, 3.63) is 71.9 Å². The number of amides is 2. The van der Waals surface area contributed by atoms with Gasteiger partial charge in [-0.2, -0.15) is 0 Å². The first-order valence-electron chi connectivity index (χ1n) is 11.2. The van der Waals surface area contributed by atoms with E-state index < -0.39 is 12.0 Å². The molecule has 164 valence electrons. The van der Waals surface area contributed by atoms with E-state index in [-0.39, 0.29) is 11.9 Å². The first-order valence-corrected chi connectivity index (χ1v) is 11.2. The quantitative estimate of drug-likeness (QED) is 0.665. The fourth-order valence-electron chi connectivity index (χ4n) is 5.01. The summed E-state index contributed by atoms with van der Waals surface area (Å²) in [7, 11) is 0. The Morgan fingerprint density at radius 1 is 1.09 bits per heavy atom. The van der Waals surface area contributed by atoms with Crippen molar-refractivity contribution in [3.8, 4) is 5.75 Å². The topological polar surface area (TPSA) is 65.6 Å². The molecule has 5 rings (SSSR count). The third-order valence-electron chi connectivity index (χ3n) is 6.60. The van der Waals surface area contributed by atoms with Gasteiger partial charge in [0.15, 0.2) is 0 Å². The second-order valence-corrected chi connectivity index (χ2v) is 8.33.